The van der Waals surface area contributed by atoms with Crippen LogP contribution in [0.15, 0.2) is 48.5 Å². The number of amides is 1. The second-order valence-electron chi connectivity index (χ2n) is 6.29. The molecule has 29 heavy (non-hydrogen) atoms. The van der Waals surface area contributed by atoms with Crippen LogP contribution in [0, 0.1) is 6.92 Å². The van der Waals surface area contributed by atoms with E-state index in [1.807, 2.05) is 31.2 Å². The summed E-state index contributed by atoms with van der Waals surface area (Å²) in [5, 5.41) is 10.9. The van der Waals surface area contributed by atoms with Crippen LogP contribution in [0.5, 0.6) is 0 Å². The van der Waals surface area contributed by atoms with Gasteiger partial charge in [-0.25, -0.2) is 9.48 Å². The first-order valence-electron chi connectivity index (χ1n) is 9.13. The third-order valence-electron chi connectivity index (χ3n) is 4.21. The molecule has 0 aliphatic carbocycles. The lowest BCUT2D eigenvalue weighted by Crippen LogP contribution is -2.18. The van der Waals surface area contributed by atoms with Crippen LogP contribution in [-0.4, -0.2) is 40.6 Å². The predicted octanol–water partition coefficient (Wildman–Crippen LogP) is 3.15. The minimum atomic E-state index is -0.510. The van der Waals surface area contributed by atoms with Crippen LogP contribution < -0.4 is 5.32 Å². The lowest BCUT2D eigenvalue weighted by atomic mass is 10.1. The Morgan fingerprint density at radius 3 is 2.52 bits per heavy atom. The van der Waals surface area contributed by atoms with E-state index >= 15 is 0 Å². The van der Waals surface area contributed by atoms with Crippen molar-refractivity contribution in [2.45, 2.75) is 20.5 Å². The number of aryl methyl sites for hydroxylation is 1. The van der Waals surface area contributed by atoms with Gasteiger partial charge < -0.3 is 14.8 Å². The van der Waals surface area contributed by atoms with Gasteiger partial charge in [-0.2, -0.15) is 0 Å². The van der Waals surface area contributed by atoms with Crippen LogP contribution in [0.1, 0.15) is 39.0 Å². The van der Waals surface area contributed by atoms with Crippen molar-refractivity contribution in [3.8, 4) is 5.69 Å². The van der Waals surface area contributed by atoms with Gasteiger partial charge in [0.1, 0.15) is 5.69 Å². The smallest absolute Gasteiger partial charge is 0.340 e. The Morgan fingerprint density at radius 2 is 1.83 bits per heavy atom. The van der Waals surface area contributed by atoms with Crippen LogP contribution in [0.4, 0.5) is 5.69 Å². The molecule has 1 N–H and O–H groups in total. The van der Waals surface area contributed by atoms with Crippen molar-refractivity contribution in [1.29, 1.82) is 0 Å². The normalized spacial score (nSPS) is 10.6. The third-order valence-corrected chi connectivity index (χ3v) is 4.21. The van der Waals surface area contributed by atoms with Crippen molar-refractivity contribution < 1.29 is 19.1 Å². The van der Waals surface area contributed by atoms with Crippen molar-refractivity contribution in [2.24, 2.45) is 0 Å². The summed E-state index contributed by atoms with van der Waals surface area (Å²) >= 11 is 0. The maximum atomic E-state index is 12.9. The molecule has 1 heterocycles. The number of anilines is 1. The number of ether oxygens (including phenoxy) is 2. The molecule has 0 saturated carbocycles. The molecule has 1 aromatic heterocycles. The summed E-state index contributed by atoms with van der Waals surface area (Å²) in [6.07, 6.45) is 0. The minimum absolute atomic E-state index is 0.117. The number of benzene rings is 2. The van der Waals surface area contributed by atoms with E-state index in [1.165, 1.54) is 7.11 Å². The fourth-order valence-electron chi connectivity index (χ4n) is 2.80. The highest BCUT2D eigenvalue weighted by Gasteiger charge is 2.22. The number of para-hydroxylation sites is 1. The molecule has 3 rings (SSSR count). The topological polar surface area (TPSA) is 95.3 Å². The van der Waals surface area contributed by atoms with Crippen molar-refractivity contribution in [3.05, 3.63) is 71.0 Å². The van der Waals surface area contributed by atoms with Gasteiger partial charge in [0.25, 0.3) is 5.91 Å². The van der Waals surface area contributed by atoms with Gasteiger partial charge in [-0.3, -0.25) is 4.79 Å². The number of nitrogens with one attached hydrogen (secondary N) is 1. The lowest BCUT2D eigenvalue weighted by molar-refractivity contribution is 0.0527. The van der Waals surface area contributed by atoms with Crippen LogP contribution in [0.25, 0.3) is 5.69 Å². The zero-order valence-corrected chi connectivity index (χ0v) is 16.5. The number of hydrogen-bond donors (Lipinski definition) is 1. The zero-order valence-electron chi connectivity index (χ0n) is 16.5. The maximum absolute atomic E-state index is 12.9. The summed E-state index contributed by atoms with van der Waals surface area (Å²) in [5.74, 6) is -1.00. The predicted molar refractivity (Wildman–Crippen MR) is 107 cm³/mol. The Morgan fingerprint density at radius 1 is 1.10 bits per heavy atom. The second-order valence-corrected chi connectivity index (χ2v) is 6.29. The highest BCUT2D eigenvalue weighted by atomic mass is 16.5. The summed E-state index contributed by atoms with van der Waals surface area (Å²) in [4.78, 5) is 25.1. The van der Waals surface area contributed by atoms with Crippen molar-refractivity contribution >= 4 is 17.6 Å². The molecule has 0 spiro atoms. The highest BCUT2D eigenvalue weighted by Crippen LogP contribution is 2.20. The first-order chi connectivity index (χ1) is 14.0. The SMILES string of the molecule is CCOC(=O)c1ccccc1NC(=O)c1nnn(-c2ccc(C)cc2)c1COC. The molecule has 1 amide bonds. The highest BCUT2D eigenvalue weighted by molar-refractivity contribution is 6.07. The zero-order chi connectivity index (χ0) is 20.8. The van der Waals surface area contributed by atoms with Gasteiger partial charge in [0.15, 0.2) is 5.69 Å². The average molecular weight is 394 g/mol. The quantitative estimate of drug-likeness (QED) is 0.619. The molecule has 0 unspecified atom stereocenters. The van der Waals surface area contributed by atoms with E-state index in [4.69, 9.17) is 9.47 Å². The summed E-state index contributed by atoms with van der Waals surface area (Å²) in [6.45, 7) is 4.09. The summed E-state index contributed by atoms with van der Waals surface area (Å²) < 4.78 is 11.9. The fraction of sp³-hybridized carbons (Fsp3) is 0.238. The van der Waals surface area contributed by atoms with Gasteiger partial charge >= 0.3 is 5.97 Å². The number of rotatable bonds is 7. The molecule has 0 bridgehead atoms. The molecular weight excluding hydrogens is 372 g/mol. The first kappa shape index (κ1) is 20.2. The van der Waals surface area contributed by atoms with E-state index in [0.29, 0.717) is 11.4 Å². The molecule has 150 valence electrons. The molecule has 0 aliphatic heterocycles. The first-order valence-corrected chi connectivity index (χ1v) is 9.13. The van der Waals surface area contributed by atoms with Gasteiger partial charge in [0.05, 0.1) is 30.2 Å². The van der Waals surface area contributed by atoms with Gasteiger partial charge in [0, 0.05) is 7.11 Å². The van der Waals surface area contributed by atoms with Crippen LogP contribution >= 0.6 is 0 Å². The molecule has 0 fully saturated rings. The van der Waals surface area contributed by atoms with Crippen LogP contribution in [-0.2, 0) is 16.1 Å². The molecule has 0 saturated heterocycles. The third kappa shape index (κ3) is 4.49. The number of methoxy groups -OCH3 is 1. The Labute approximate surface area is 168 Å². The molecular formula is C21H22N4O4. The molecule has 2 aromatic carbocycles. The minimum Gasteiger partial charge on any atom is -0.462 e. The molecule has 0 aliphatic rings. The van der Waals surface area contributed by atoms with E-state index in [9.17, 15) is 9.59 Å². The number of nitrogens with zero attached hydrogens (tertiary/aromatic N) is 3. The molecule has 8 nitrogen and oxygen atoms in total. The van der Waals surface area contributed by atoms with Crippen molar-refractivity contribution in [2.75, 3.05) is 19.0 Å². The summed E-state index contributed by atoms with van der Waals surface area (Å²) in [6, 6.07) is 14.3. The summed E-state index contributed by atoms with van der Waals surface area (Å²) in [5.41, 5.74) is 3.09. The van der Waals surface area contributed by atoms with Crippen molar-refractivity contribution in [3.63, 3.8) is 0 Å². The number of carbonyl (C=O) groups is 2. The largest absolute Gasteiger partial charge is 0.462 e. The van der Waals surface area contributed by atoms with E-state index in [-0.39, 0.29) is 24.5 Å². The Hall–Kier alpha value is -3.52. The Kier molecular flexibility index (Phi) is 6.36. The summed E-state index contributed by atoms with van der Waals surface area (Å²) in [7, 11) is 1.53. The van der Waals surface area contributed by atoms with E-state index in [0.717, 1.165) is 11.3 Å². The van der Waals surface area contributed by atoms with Gasteiger partial charge in [0.2, 0.25) is 0 Å². The Balaban J connectivity index is 1.92. The molecule has 0 atom stereocenters. The average Bonchev–Trinajstić information content (AvgIpc) is 3.13. The van der Waals surface area contributed by atoms with Crippen LogP contribution in [0.3, 0.4) is 0 Å². The van der Waals surface area contributed by atoms with Gasteiger partial charge in [-0.05, 0) is 38.1 Å². The lowest BCUT2D eigenvalue weighted by Gasteiger charge is -2.11. The molecule has 0 radical (unpaired) electrons. The van der Waals surface area contributed by atoms with Crippen LogP contribution in [0.2, 0.25) is 0 Å². The maximum Gasteiger partial charge on any atom is 0.340 e. The van der Waals surface area contributed by atoms with E-state index in [1.54, 1.807) is 35.9 Å². The molecule has 8 heteroatoms. The monoisotopic (exact) mass is 394 g/mol. The van der Waals surface area contributed by atoms with Gasteiger partial charge in [-0.1, -0.05) is 35.0 Å². The van der Waals surface area contributed by atoms with E-state index in [2.05, 4.69) is 15.6 Å². The van der Waals surface area contributed by atoms with Gasteiger partial charge in [-0.15, -0.1) is 5.10 Å². The fourth-order valence-corrected chi connectivity index (χ4v) is 2.80. The number of carbonyl (C=O) groups excluding carboxylic acids is 2. The second kappa shape index (κ2) is 9.11. The number of aromatic nitrogens is 3. The Bertz CT molecular complexity index is 1010. The standard InChI is InChI=1S/C21H22N4O4/c1-4-29-21(27)16-7-5-6-8-17(16)22-20(26)19-18(13-28-3)25(24-23-19)15-11-9-14(2)10-12-15/h5-12H,4,13H2,1-3H3,(H,22,26). The molecule has 3 aromatic rings. The number of hydrogen-bond acceptors (Lipinski definition) is 6. The van der Waals surface area contributed by atoms with Crippen molar-refractivity contribution in [1.82, 2.24) is 15.0 Å². The van der Waals surface area contributed by atoms with E-state index < -0.39 is 11.9 Å². The number of esters is 1.